The summed E-state index contributed by atoms with van der Waals surface area (Å²) in [7, 11) is -2.35. The van der Waals surface area contributed by atoms with Gasteiger partial charge in [-0.1, -0.05) is 0 Å². The first-order chi connectivity index (χ1) is 12.9. The molecule has 1 aliphatic heterocycles. The number of ether oxygens (including phenoxy) is 2. The third-order valence-corrected chi connectivity index (χ3v) is 5.99. The molecular formula is C17H19F2N3O4S. The summed E-state index contributed by atoms with van der Waals surface area (Å²) >= 11 is 0. The van der Waals surface area contributed by atoms with Gasteiger partial charge in [0.05, 0.1) is 19.4 Å². The van der Waals surface area contributed by atoms with Crippen LogP contribution in [0.1, 0.15) is 18.4 Å². The van der Waals surface area contributed by atoms with E-state index in [-0.39, 0.29) is 18.0 Å². The van der Waals surface area contributed by atoms with E-state index in [2.05, 4.69) is 10.2 Å². The topological polar surface area (TPSA) is 81.6 Å². The average Bonchev–Trinajstić information content (AvgIpc) is 2.65. The maximum Gasteiger partial charge on any atom is 0.233 e. The Balaban J connectivity index is 1.67. The standard InChI is InChI=1S/C17H19F2N3O4S/c1-25-16-6-7-17(21-20-16)26-14-3-2-8-22(10-14)27(23,24)11-12-9-13(18)4-5-15(12)19/h4-7,9,14H,2-3,8,10-11H2,1H3. The van der Waals surface area contributed by atoms with E-state index in [1.54, 1.807) is 12.1 Å². The number of hydrogen-bond donors (Lipinski definition) is 0. The highest BCUT2D eigenvalue weighted by Gasteiger charge is 2.31. The van der Waals surface area contributed by atoms with Crippen LogP contribution >= 0.6 is 0 Å². The van der Waals surface area contributed by atoms with Crippen LogP contribution in [-0.2, 0) is 15.8 Å². The number of nitrogens with zero attached hydrogens (tertiary/aromatic N) is 3. The maximum atomic E-state index is 13.8. The Labute approximate surface area is 156 Å². The molecule has 0 saturated carbocycles. The van der Waals surface area contributed by atoms with Gasteiger partial charge >= 0.3 is 0 Å². The molecular weight excluding hydrogens is 380 g/mol. The van der Waals surface area contributed by atoms with E-state index in [4.69, 9.17) is 9.47 Å². The SMILES string of the molecule is COc1ccc(OC2CCCN(S(=O)(=O)Cc3cc(F)ccc3F)C2)nn1. The van der Waals surface area contributed by atoms with Crippen molar-refractivity contribution >= 4 is 10.0 Å². The Bertz CT molecular complexity index is 894. The molecule has 0 amide bonds. The average molecular weight is 399 g/mol. The number of piperidine rings is 1. The van der Waals surface area contributed by atoms with E-state index in [1.807, 2.05) is 0 Å². The molecule has 7 nitrogen and oxygen atoms in total. The molecule has 1 unspecified atom stereocenters. The van der Waals surface area contributed by atoms with Crippen molar-refractivity contribution < 1.29 is 26.7 Å². The quantitative estimate of drug-likeness (QED) is 0.740. The van der Waals surface area contributed by atoms with Gasteiger partial charge < -0.3 is 9.47 Å². The summed E-state index contributed by atoms with van der Waals surface area (Å²) in [5.74, 6) is -1.44. The molecule has 27 heavy (non-hydrogen) atoms. The Hall–Kier alpha value is -2.33. The summed E-state index contributed by atoms with van der Waals surface area (Å²) in [5.41, 5.74) is -0.195. The smallest absolute Gasteiger partial charge is 0.233 e. The lowest BCUT2D eigenvalue weighted by Crippen LogP contribution is -2.44. The predicted octanol–water partition coefficient (Wildman–Crippen LogP) is 2.14. The largest absolute Gasteiger partial charge is 0.480 e. The van der Waals surface area contributed by atoms with Crippen LogP contribution in [0, 0.1) is 11.6 Å². The van der Waals surface area contributed by atoms with Gasteiger partial charge in [-0.3, -0.25) is 0 Å². The minimum absolute atomic E-state index is 0.104. The van der Waals surface area contributed by atoms with Crippen LogP contribution in [0.15, 0.2) is 30.3 Å². The summed E-state index contributed by atoms with van der Waals surface area (Å²) in [6, 6.07) is 5.95. The molecule has 1 aromatic carbocycles. The van der Waals surface area contributed by atoms with Gasteiger partial charge in [-0.2, -0.15) is 4.31 Å². The van der Waals surface area contributed by atoms with Crippen LogP contribution < -0.4 is 9.47 Å². The number of methoxy groups -OCH3 is 1. The summed E-state index contributed by atoms with van der Waals surface area (Å²) in [6.07, 6.45) is 0.821. The van der Waals surface area contributed by atoms with E-state index < -0.39 is 33.5 Å². The van der Waals surface area contributed by atoms with Gasteiger partial charge in [-0.25, -0.2) is 17.2 Å². The molecule has 0 spiro atoms. The summed E-state index contributed by atoms with van der Waals surface area (Å²) in [5, 5.41) is 7.66. The predicted molar refractivity (Wildman–Crippen MR) is 92.8 cm³/mol. The van der Waals surface area contributed by atoms with Crippen LogP contribution in [-0.4, -0.2) is 49.2 Å². The molecule has 1 aromatic heterocycles. The van der Waals surface area contributed by atoms with Crippen LogP contribution in [0.5, 0.6) is 11.8 Å². The number of halogens is 2. The van der Waals surface area contributed by atoms with E-state index in [9.17, 15) is 17.2 Å². The molecule has 10 heteroatoms. The van der Waals surface area contributed by atoms with Gasteiger partial charge in [-0.15, -0.1) is 10.2 Å². The monoisotopic (exact) mass is 399 g/mol. The second kappa shape index (κ2) is 8.13. The minimum atomic E-state index is -3.82. The lowest BCUT2D eigenvalue weighted by Gasteiger charge is -2.31. The van der Waals surface area contributed by atoms with Crippen LogP contribution in [0.2, 0.25) is 0 Å². The second-order valence-electron chi connectivity index (χ2n) is 6.15. The first-order valence-corrected chi connectivity index (χ1v) is 9.94. The van der Waals surface area contributed by atoms with Crippen molar-refractivity contribution in [2.75, 3.05) is 20.2 Å². The van der Waals surface area contributed by atoms with Gasteiger partial charge in [0.15, 0.2) is 0 Å². The van der Waals surface area contributed by atoms with Gasteiger partial charge in [0.25, 0.3) is 0 Å². The molecule has 0 radical (unpaired) electrons. The van der Waals surface area contributed by atoms with E-state index in [1.165, 1.54) is 11.4 Å². The Morgan fingerprint density at radius 2 is 1.93 bits per heavy atom. The van der Waals surface area contributed by atoms with Crippen molar-refractivity contribution in [3.05, 3.63) is 47.5 Å². The number of aromatic nitrogens is 2. The van der Waals surface area contributed by atoms with E-state index >= 15 is 0 Å². The lowest BCUT2D eigenvalue weighted by molar-refractivity contribution is 0.123. The maximum absolute atomic E-state index is 13.8. The van der Waals surface area contributed by atoms with Crippen molar-refractivity contribution in [3.63, 3.8) is 0 Å². The van der Waals surface area contributed by atoms with Gasteiger partial charge in [0, 0.05) is 24.2 Å². The number of hydrogen-bond acceptors (Lipinski definition) is 6. The van der Waals surface area contributed by atoms with E-state index in [0.29, 0.717) is 25.3 Å². The van der Waals surface area contributed by atoms with Crippen molar-refractivity contribution in [1.29, 1.82) is 0 Å². The molecule has 2 heterocycles. The molecule has 3 rings (SSSR count). The lowest BCUT2D eigenvalue weighted by atomic mass is 10.1. The third kappa shape index (κ3) is 4.89. The summed E-state index contributed by atoms with van der Waals surface area (Å²) < 4.78 is 64.2. The Morgan fingerprint density at radius 3 is 2.63 bits per heavy atom. The Morgan fingerprint density at radius 1 is 1.19 bits per heavy atom. The van der Waals surface area contributed by atoms with Crippen LogP contribution in [0.4, 0.5) is 8.78 Å². The highest BCUT2D eigenvalue weighted by Crippen LogP contribution is 2.22. The molecule has 1 aliphatic rings. The highest BCUT2D eigenvalue weighted by molar-refractivity contribution is 7.88. The molecule has 0 bridgehead atoms. The fourth-order valence-electron chi connectivity index (χ4n) is 2.85. The fraction of sp³-hybridized carbons (Fsp3) is 0.412. The van der Waals surface area contributed by atoms with Gasteiger partial charge in [-0.05, 0) is 31.0 Å². The number of benzene rings is 1. The molecule has 2 aromatic rings. The van der Waals surface area contributed by atoms with E-state index in [0.717, 1.165) is 18.2 Å². The summed E-state index contributed by atoms with van der Waals surface area (Å²) in [6.45, 7) is 0.403. The molecule has 1 fully saturated rings. The first kappa shape index (κ1) is 19.4. The number of sulfonamides is 1. The van der Waals surface area contributed by atoms with Crippen molar-refractivity contribution in [3.8, 4) is 11.8 Å². The van der Waals surface area contributed by atoms with Crippen LogP contribution in [0.3, 0.4) is 0 Å². The van der Waals surface area contributed by atoms with Gasteiger partial charge in [0.2, 0.25) is 21.8 Å². The zero-order chi connectivity index (χ0) is 19.4. The second-order valence-corrected chi connectivity index (χ2v) is 8.11. The first-order valence-electron chi connectivity index (χ1n) is 8.33. The normalized spacial score (nSPS) is 18.3. The van der Waals surface area contributed by atoms with Crippen molar-refractivity contribution in [2.45, 2.75) is 24.7 Å². The molecule has 1 atom stereocenters. The zero-order valence-electron chi connectivity index (χ0n) is 14.6. The molecule has 0 N–H and O–H groups in total. The number of rotatable bonds is 6. The van der Waals surface area contributed by atoms with Crippen molar-refractivity contribution in [2.24, 2.45) is 0 Å². The molecule has 1 saturated heterocycles. The fourth-order valence-corrected chi connectivity index (χ4v) is 4.44. The van der Waals surface area contributed by atoms with Crippen molar-refractivity contribution in [1.82, 2.24) is 14.5 Å². The van der Waals surface area contributed by atoms with Gasteiger partial charge in [0.1, 0.15) is 17.7 Å². The Kier molecular flexibility index (Phi) is 5.85. The molecule has 146 valence electrons. The third-order valence-electron chi connectivity index (χ3n) is 4.19. The summed E-state index contributed by atoms with van der Waals surface area (Å²) in [4.78, 5) is 0. The zero-order valence-corrected chi connectivity index (χ0v) is 15.5. The highest BCUT2D eigenvalue weighted by atomic mass is 32.2. The van der Waals surface area contributed by atoms with Crippen LogP contribution in [0.25, 0.3) is 0 Å². The molecule has 0 aliphatic carbocycles. The minimum Gasteiger partial charge on any atom is -0.480 e.